The summed E-state index contributed by atoms with van der Waals surface area (Å²) in [6, 6.07) is 16.7. The van der Waals surface area contributed by atoms with E-state index in [1.54, 1.807) is 0 Å². The molecule has 0 aliphatic carbocycles. The summed E-state index contributed by atoms with van der Waals surface area (Å²) in [7, 11) is 0. The van der Waals surface area contributed by atoms with Gasteiger partial charge in [-0.3, -0.25) is 9.59 Å². The molecule has 0 aromatic heterocycles. The Labute approximate surface area is 133 Å². The van der Waals surface area contributed by atoms with Crippen molar-refractivity contribution in [2.24, 2.45) is 10.2 Å². The van der Waals surface area contributed by atoms with Crippen LogP contribution in [0.2, 0.25) is 0 Å². The Morgan fingerprint density at radius 1 is 0.864 bits per heavy atom. The number of nitrogens with zero attached hydrogens (tertiary/aromatic N) is 2. The summed E-state index contributed by atoms with van der Waals surface area (Å²) < 4.78 is 0. The monoisotopic (exact) mass is 312 g/mol. The molecule has 0 spiro atoms. The SMILES string of the molecule is CC(=O)C(Sc1ccccc1N=Nc1ccccc1)C(C)=O. The van der Waals surface area contributed by atoms with E-state index in [0.717, 1.165) is 10.6 Å². The van der Waals surface area contributed by atoms with Crippen molar-refractivity contribution in [1.29, 1.82) is 0 Å². The number of carbonyl (C=O) groups excluding carboxylic acids is 2. The number of Topliss-reactive ketones (excluding diaryl/α,β-unsaturated/α-hetero) is 2. The van der Waals surface area contributed by atoms with E-state index in [0.29, 0.717) is 5.69 Å². The molecule has 0 fully saturated rings. The molecule has 2 aromatic carbocycles. The zero-order chi connectivity index (χ0) is 15.9. The van der Waals surface area contributed by atoms with E-state index in [2.05, 4.69) is 10.2 Å². The molecule has 22 heavy (non-hydrogen) atoms. The van der Waals surface area contributed by atoms with E-state index in [1.807, 2.05) is 54.6 Å². The van der Waals surface area contributed by atoms with Crippen molar-refractivity contribution < 1.29 is 9.59 Å². The lowest BCUT2D eigenvalue weighted by molar-refractivity contribution is -0.123. The molecule has 0 atom stereocenters. The van der Waals surface area contributed by atoms with Gasteiger partial charge in [0.25, 0.3) is 0 Å². The molecule has 5 heteroatoms. The number of hydrogen-bond acceptors (Lipinski definition) is 5. The van der Waals surface area contributed by atoms with Crippen molar-refractivity contribution in [2.45, 2.75) is 24.0 Å². The first-order valence-electron chi connectivity index (χ1n) is 6.81. The predicted octanol–water partition coefficient (Wildman–Crippen LogP) is 4.74. The molecule has 0 bridgehead atoms. The van der Waals surface area contributed by atoms with Crippen LogP contribution < -0.4 is 0 Å². The summed E-state index contributed by atoms with van der Waals surface area (Å²) in [5, 5.41) is 7.70. The van der Waals surface area contributed by atoms with Crippen LogP contribution in [0.5, 0.6) is 0 Å². The minimum Gasteiger partial charge on any atom is -0.298 e. The molecule has 0 unspecified atom stereocenters. The highest BCUT2D eigenvalue weighted by atomic mass is 32.2. The number of hydrogen-bond donors (Lipinski definition) is 0. The first-order valence-corrected chi connectivity index (χ1v) is 7.69. The van der Waals surface area contributed by atoms with Crippen molar-refractivity contribution in [3.05, 3.63) is 54.6 Å². The van der Waals surface area contributed by atoms with Gasteiger partial charge in [0.1, 0.15) is 5.25 Å². The normalized spacial score (nSPS) is 11.0. The maximum atomic E-state index is 11.6. The van der Waals surface area contributed by atoms with Gasteiger partial charge < -0.3 is 0 Å². The van der Waals surface area contributed by atoms with Crippen LogP contribution in [0.25, 0.3) is 0 Å². The van der Waals surface area contributed by atoms with Gasteiger partial charge in [-0.1, -0.05) is 30.3 Å². The molecule has 0 amide bonds. The Morgan fingerprint density at radius 3 is 2.09 bits per heavy atom. The van der Waals surface area contributed by atoms with Crippen LogP contribution in [0.4, 0.5) is 11.4 Å². The first-order chi connectivity index (χ1) is 10.6. The van der Waals surface area contributed by atoms with Crippen molar-refractivity contribution in [3.8, 4) is 0 Å². The highest BCUT2D eigenvalue weighted by Gasteiger charge is 2.21. The summed E-state index contributed by atoms with van der Waals surface area (Å²) in [5.41, 5.74) is 1.39. The Morgan fingerprint density at radius 2 is 1.45 bits per heavy atom. The topological polar surface area (TPSA) is 58.9 Å². The van der Waals surface area contributed by atoms with Crippen LogP contribution in [-0.4, -0.2) is 16.8 Å². The summed E-state index contributed by atoms with van der Waals surface area (Å²) >= 11 is 1.21. The molecular formula is C17H16N2O2S. The second kappa shape index (κ2) is 7.66. The van der Waals surface area contributed by atoms with E-state index >= 15 is 0 Å². The molecule has 0 N–H and O–H groups in total. The van der Waals surface area contributed by atoms with E-state index < -0.39 is 5.25 Å². The second-order valence-corrected chi connectivity index (χ2v) is 5.87. The fourth-order valence-corrected chi connectivity index (χ4v) is 2.80. The maximum absolute atomic E-state index is 11.6. The lowest BCUT2D eigenvalue weighted by Crippen LogP contribution is -2.21. The number of carbonyl (C=O) groups is 2. The molecular weight excluding hydrogens is 296 g/mol. The number of ketones is 2. The third-order valence-corrected chi connectivity index (χ3v) is 4.38. The lowest BCUT2D eigenvalue weighted by Gasteiger charge is -2.11. The summed E-state index contributed by atoms with van der Waals surface area (Å²) in [5.74, 6) is -0.320. The highest BCUT2D eigenvalue weighted by molar-refractivity contribution is 8.01. The quantitative estimate of drug-likeness (QED) is 0.440. The minimum absolute atomic E-state index is 0.160. The molecule has 2 rings (SSSR count). The number of rotatable bonds is 6. The largest absolute Gasteiger partial charge is 0.298 e. The second-order valence-electron chi connectivity index (χ2n) is 4.72. The van der Waals surface area contributed by atoms with Gasteiger partial charge >= 0.3 is 0 Å². The van der Waals surface area contributed by atoms with Crippen LogP contribution in [0, 0.1) is 0 Å². The third kappa shape index (κ3) is 4.36. The van der Waals surface area contributed by atoms with Gasteiger partial charge in [0.15, 0.2) is 11.6 Å². The Balaban J connectivity index is 2.25. The number of azo groups is 1. The van der Waals surface area contributed by atoms with Gasteiger partial charge in [0, 0.05) is 4.90 Å². The van der Waals surface area contributed by atoms with Crippen molar-refractivity contribution >= 4 is 34.7 Å². The van der Waals surface area contributed by atoms with Crippen LogP contribution in [0.15, 0.2) is 69.7 Å². The zero-order valence-electron chi connectivity index (χ0n) is 12.4. The molecule has 112 valence electrons. The molecule has 0 saturated heterocycles. The fourth-order valence-electron chi connectivity index (χ4n) is 1.82. The van der Waals surface area contributed by atoms with Crippen LogP contribution in [-0.2, 0) is 9.59 Å². The van der Waals surface area contributed by atoms with Gasteiger partial charge in [0.2, 0.25) is 0 Å². The van der Waals surface area contributed by atoms with Crippen LogP contribution in [0.1, 0.15) is 13.8 Å². The molecule has 0 radical (unpaired) electrons. The minimum atomic E-state index is -0.701. The van der Waals surface area contributed by atoms with E-state index in [9.17, 15) is 9.59 Å². The zero-order valence-corrected chi connectivity index (χ0v) is 13.2. The van der Waals surface area contributed by atoms with Crippen molar-refractivity contribution in [2.75, 3.05) is 0 Å². The lowest BCUT2D eigenvalue weighted by atomic mass is 10.2. The fraction of sp³-hybridized carbons (Fsp3) is 0.176. The third-order valence-electron chi connectivity index (χ3n) is 2.88. The maximum Gasteiger partial charge on any atom is 0.150 e. The predicted molar refractivity (Wildman–Crippen MR) is 88.1 cm³/mol. The molecule has 0 heterocycles. The molecule has 4 nitrogen and oxygen atoms in total. The smallest absolute Gasteiger partial charge is 0.150 e. The Bertz CT molecular complexity index is 685. The standard InChI is InChI=1S/C17H16N2O2S/c1-12(20)17(13(2)21)22-16-11-7-6-10-15(16)19-18-14-8-4-3-5-9-14/h3-11,17H,1-2H3. The number of thioether (sulfide) groups is 1. The van der Waals surface area contributed by atoms with Gasteiger partial charge in [-0.25, -0.2) is 0 Å². The van der Waals surface area contributed by atoms with E-state index in [-0.39, 0.29) is 11.6 Å². The summed E-state index contributed by atoms with van der Waals surface area (Å²) in [4.78, 5) is 23.9. The molecule has 0 saturated carbocycles. The summed E-state index contributed by atoms with van der Waals surface area (Å²) in [6.45, 7) is 2.85. The van der Waals surface area contributed by atoms with Crippen molar-refractivity contribution in [1.82, 2.24) is 0 Å². The Kier molecular flexibility index (Phi) is 5.61. The van der Waals surface area contributed by atoms with Crippen LogP contribution >= 0.6 is 11.8 Å². The molecule has 2 aromatic rings. The van der Waals surface area contributed by atoms with Crippen molar-refractivity contribution in [3.63, 3.8) is 0 Å². The first kappa shape index (κ1) is 16.1. The summed E-state index contributed by atoms with van der Waals surface area (Å²) in [6.07, 6.45) is 0. The molecule has 0 aliphatic heterocycles. The van der Waals surface area contributed by atoms with E-state index in [4.69, 9.17) is 0 Å². The molecule has 0 aliphatic rings. The van der Waals surface area contributed by atoms with Gasteiger partial charge in [-0.05, 0) is 38.1 Å². The van der Waals surface area contributed by atoms with Crippen LogP contribution in [0.3, 0.4) is 0 Å². The van der Waals surface area contributed by atoms with E-state index in [1.165, 1.54) is 25.6 Å². The average molecular weight is 312 g/mol. The van der Waals surface area contributed by atoms with Gasteiger partial charge in [0.05, 0.1) is 11.4 Å². The average Bonchev–Trinajstić information content (AvgIpc) is 2.52. The highest BCUT2D eigenvalue weighted by Crippen LogP contribution is 2.34. The van der Waals surface area contributed by atoms with Gasteiger partial charge in [-0.2, -0.15) is 5.11 Å². The Hall–Kier alpha value is -2.27. The number of benzene rings is 2. The van der Waals surface area contributed by atoms with Gasteiger partial charge in [-0.15, -0.1) is 16.9 Å².